The molecule has 5 atom stereocenters. The van der Waals surface area contributed by atoms with E-state index in [4.69, 9.17) is 33.5 Å². The average molecular weight is 1050 g/mol. The SMILES string of the molecule is Cc1cc(O)c(O)c(O)c1Oc1cc(C(=O)OC2OC3CCc4cc(O)c(O)c(O)c4-c4c(cc(O)c(O)c4O)OC(=O)C3C(OOCc3cc(O)c(O)c(O)c3)C2OC(=O)c2cc(O)c(O)c(O)c2)cc(O)c1O. The fourth-order valence-corrected chi connectivity index (χ4v) is 8.16. The van der Waals surface area contributed by atoms with Crippen LogP contribution in [0.1, 0.15) is 43.8 Å². The van der Waals surface area contributed by atoms with Gasteiger partial charge in [0.05, 0.1) is 22.8 Å². The second kappa shape index (κ2) is 19.6. The van der Waals surface area contributed by atoms with E-state index in [-0.39, 0.29) is 16.7 Å². The van der Waals surface area contributed by atoms with Crippen LogP contribution < -0.4 is 9.47 Å². The Hall–Kier alpha value is -9.99. The molecule has 6 aromatic rings. The molecular formula is C48H40O27. The van der Waals surface area contributed by atoms with Gasteiger partial charge in [-0.1, -0.05) is 0 Å². The lowest BCUT2D eigenvalue weighted by Crippen LogP contribution is -2.61. The number of rotatable bonds is 10. The molecule has 0 amide bonds. The van der Waals surface area contributed by atoms with Crippen LogP contribution >= 0.6 is 0 Å². The molecule has 27 heteroatoms. The second-order valence-corrected chi connectivity index (χ2v) is 16.7. The van der Waals surface area contributed by atoms with Crippen molar-refractivity contribution in [3.8, 4) is 126 Å². The Labute approximate surface area is 417 Å². The van der Waals surface area contributed by atoms with E-state index in [0.29, 0.717) is 24.3 Å². The fourth-order valence-electron chi connectivity index (χ4n) is 8.16. The van der Waals surface area contributed by atoms with Crippen LogP contribution in [0.15, 0.2) is 54.6 Å². The van der Waals surface area contributed by atoms with Crippen LogP contribution in [-0.2, 0) is 41.8 Å². The van der Waals surface area contributed by atoms with Gasteiger partial charge in [0.2, 0.25) is 35.0 Å². The predicted octanol–water partition coefficient (Wildman–Crippen LogP) is 4.24. The zero-order valence-corrected chi connectivity index (χ0v) is 37.9. The van der Waals surface area contributed by atoms with Gasteiger partial charge in [-0.25, -0.2) is 19.4 Å². The molecule has 1 saturated heterocycles. The van der Waals surface area contributed by atoms with E-state index in [1.165, 1.54) is 6.92 Å². The molecule has 394 valence electrons. The van der Waals surface area contributed by atoms with E-state index in [1.54, 1.807) is 0 Å². The van der Waals surface area contributed by atoms with E-state index >= 15 is 0 Å². The number of phenols is 17. The van der Waals surface area contributed by atoms with Gasteiger partial charge in [0.15, 0.2) is 92.7 Å². The molecular weight excluding hydrogens is 1010 g/mol. The molecule has 1 fully saturated rings. The summed E-state index contributed by atoms with van der Waals surface area (Å²) in [5.74, 6) is -26.5. The minimum absolute atomic E-state index is 0.0451. The molecule has 0 saturated carbocycles. The first-order valence-electron chi connectivity index (χ1n) is 21.5. The van der Waals surface area contributed by atoms with E-state index in [0.717, 1.165) is 30.3 Å². The van der Waals surface area contributed by atoms with Gasteiger partial charge >= 0.3 is 17.9 Å². The van der Waals surface area contributed by atoms with E-state index in [1.807, 2.05) is 0 Å². The number of hydrogen-bond acceptors (Lipinski definition) is 27. The van der Waals surface area contributed by atoms with Crippen molar-refractivity contribution in [2.45, 2.75) is 51.0 Å². The molecule has 0 bridgehead atoms. The van der Waals surface area contributed by atoms with Crippen molar-refractivity contribution < 1.29 is 135 Å². The summed E-state index contributed by atoms with van der Waals surface area (Å²) in [6, 6.07) is 6.83. The largest absolute Gasteiger partial charge is 0.504 e. The van der Waals surface area contributed by atoms with Crippen LogP contribution in [0.2, 0.25) is 0 Å². The van der Waals surface area contributed by atoms with Crippen LogP contribution in [0.5, 0.6) is 115 Å². The van der Waals surface area contributed by atoms with E-state index in [2.05, 4.69) is 0 Å². The van der Waals surface area contributed by atoms with Gasteiger partial charge < -0.3 is 110 Å². The van der Waals surface area contributed by atoms with Crippen molar-refractivity contribution in [2.24, 2.45) is 5.92 Å². The third-order valence-electron chi connectivity index (χ3n) is 11.8. The summed E-state index contributed by atoms with van der Waals surface area (Å²) < 4.78 is 28.9. The average Bonchev–Trinajstić information content (AvgIpc) is 3.35. The van der Waals surface area contributed by atoms with E-state index in [9.17, 15) is 101 Å². The Morgan fingerprint density at radius 1 is 0.547 bits per heavy atom. The molecule has 17 N–H and O–H groups in total. The highest BCUT2D eigenvalue weighted by molar-refractivity contribution is 5.93. The summed E-state index contributed by atoms with van der Waals surface area (Å²) in [4.78, 5) is 54.3. The number of aryl methyl sites for hydroxylation is 2. The van der Waals surface area contributed by atoms with Crippen molar-refractivity contribution in [1.29, 1.82) is 0 Å². The first kappa shape index (κ1) is 51.4. The summed E-state index contributed by atoms with van der Waals surface area (Å²) in [6.45, 7) is 0.485. The number of ether oxygens (including phenoxy) is 5. The third-order valence-corrected chi connectivity index (χ3v) is 11.8. The third kappa shape index (κ3) is 9.49. The zero-order chi connectivity index (χ0) is 54.6. The molecule has 0 radical (unpaired) electrons. The molecule has 6 aromatic carbocycles. The fraction of sp³-hybridized carbons (Fsp3) is 0.188. The molecule has 27 nitrogen and oxygen atoms in total. The second-order valence-electron chi connectivity index (χ2n) is 16.7. The lowest BCUT2D eigenvalue weighted by Gasteiger charge is -2.43. The van der Waals surface area contributed by atoms with Crippen molar-refractivity contribution in [2.75, 3.05) is 0 Å². The minimum Gasteiger partial charge on any atom is -0.504 e. The molecule has 0 aliphatic carbocycles. The maximum Gasteiger partial charge on any atom is 0.340 e. The van der Waals surface area contributed by atoms with Crippen molar-refractivity contribution in [1.82, 2.24) is 0 Å². The molecule has 2 heterocycles. The van der Waals surface area contributed by atoms with Gasteiger partial charge in [-0.2, -0.15) is 0 Å². The summed E-state index contributed by atoms with van der Waals surface area (Å²) in [5.41, 5.74) is -3.16. The number of esters is 3. The Morgan fingerprint density at radius 3 is 1.68 bits per heavy atom. The number of carbonyl (C=O) groups excluding carboxylic acids is 3. The maximum atomic E-state index is 14.8. The first-order chi connectivity index (χ1) is 35.4. The molecule has 5 unspecified atom stereocenters. The minimum atomic E-state index is -2.38. The number of hydrogen-bond donors (Lipinski definition) is 17. The Balaban J connectivity index is 1.27. The smallest absolute Gasteiger partial charge is 0.340 e. The van der Waals surface area contributed by atoms with Gasteiger partial charge in [-0.15, -0.1) is 0 Å². The summed E-state index contributed by atoms with van der Waals surface area (Å²) in [7, 11) is 0. The first-order valence-corrected chi connectivity index (χ1v) is 21.5. The Morgan fingerprint density at radius 2 is 1.05 bits per heavy atom. The topological polar surface area (TPSA) is 460 Å². The van der Waals surface area contributed by atoms with Gasteiger partial charge in [0.25, 0.3) is 0 Å². The Kier molecular flexibility index (Phi) is 13.4. The zero-order valence-electron chi connectivity index (χ0n) is 37.9. The predicted molar refractivity (Wildman–Crippen MR) is 241 cm³/mol. The van der Waals surface area contributed by atoms with Crippen LogP contribution in [-0.4, -0.2) is 129 Å². The van der Waals surface area contributed by atoms with Gasteiger partial charge in [0.1, 0.15) is 18.3 Å². The lowest BCUT2D eigenvalue weighted by molar-refractivity contribution is -0.387. The van der Waals surface area contributed by atoms with Crippen LogP contribution in [0.25, 0.3) is 11.1 Å². The summed E-state index contributed by atoms with van der Waals surface area (Å²) in [5, 5.41) is 178. The van der Waals surface area contributed by atoms with Gasteiger partial charge in [0, 0.05) is 11.6 Å². The molecule has 2 aliphatic heterocycles. The summed E-state index contributed by atoms with van der Waals surface area (Å²) in [6.07, 6.45) is -9.81. The molecule has 75 heavy (non-hydrogen) atoms. The van der Waals surface area contributed by atoms with Crippen LogP contribution in [0, 0.1) is 12.8 Å². The highest BCUT2D eigenvalue weighted by atomic mass is 17.2. The van der Waals surface area contributed by atoms with Gasteiger partial charge in [-0.3, -0.25) is 4.79 Å². The summed E-state index contributed by atoms with van der Waals surface area (Å²) >= 11 is 0. The number of phenolic OH excluding ortho intramolecular Hbond substituents is 17. The standard InChI is InChI=1S/C48H40O27/c1-14-4-19(49)38(62)41(65)42(14)70-29-11-18(10-24(54)35(29)59)46(67)74-48-44(73-45(66)17-8-22(52)34(58)23(53)9-17)43(75-69-13-15-5-20(50)33(57)21(51)6-15)32-27(72-48)3-2-16-7-25(55)36(60)39(63)30(16)31-28(71-47(32)68)12-26(56)37(61)40(31)64/h4-12,27,32,43-44,48-65H,2-3,13H2,1H3. The Bertz CT molecular complexity index is 3290. The molecule has 8 rings (SSSR count). The van der Waals surface area contributed by atoms with Gasteiger partial charge in [-0.05, 0) is 85.0 Å². The number of benzene rings is 6. The lowest BCUT2D eigenvalue weighted by atomic mass is 9.84. The highest BCUT2D eigenvalue weighted by Gasteiger charge is 2.56. The van der Waals surface area contributed by atoms with Crippen LogP contribution in [0.4, 0.5) is 0 Å². The quantitative estimate of drug-likeness (QED) is 0.0300. The molecule has 0 spiro atoms. The highest BCUT2D eigenvalue weighted by Crippen LogP contribution is 2.56. The number of carbonyl (C=O) groups is 3. The van der Waals surface area contributed by atoms with Crippen molar-refractivity contribution in [3.63, 3.8) is 0 Å². The molecule has 2 aliphatic rings. The van der Waals surface area contributed by atoms with E-state index < -0.39 is 205 Å². The number of fused-ring (bicyclic) bond motifs is 4. The molecule has 0 aromatic heterocycles. The normalized spacial score (nSPS) is 18.1. The maximum absolute atomic E-state index is 14.8. The monoisotopic (exact) mass is 1050 g/mol. The number of aromatic hydroxyl groups is 17. The van der Waals surface area contributed by atoms with Crippen LogP contribution in [0.3, 0.4) is 0 Å². The van der Waals surface area contributed by atoms with Crippen molar-refractivity contribution >= 4 is 17.9 Å². The van der Waals surface area contributed by atoms with Crippen molar-refractivity contribution in [3.05, 3.63) is 82.4 Å².